The lowest BCUT2D eigenvalue weighted by atomic mass is 10.1. The Bertz CT molecular complexity index is 720. The molecule has 0 spiro atoms. The number of halogens is 1. The Morgan fingerprint density at radius 3 is 2.75 bits per heavy atom. The number of nitrogens with one attached hydrogen (secondary N) is 1. The summed E-state index contributed by atoms with van der Waals surface area (Å²) in [4.78, 5) is 12.0. The number of nitrogens with zero attached hydrogens (tertiary/aromatic N) is 1. The van der Waals surface area contributed by atoms with E-state index in [1.807, 2.05) is 0 Å². The molecule has 0 radical (unpaired) electrons. The number of carbonyl (C=O) groups excluding carboxylic acids is 1. The monoisotopic (exact) mass is 270 g/mol. The van der Waals surface area contributed by atoms with Gasteiger partial charge in [0.2, 0.25) is 0 Å². The molecule has 0 aliphatic heterocycles. The van der Waals surface area contributed by atoms with Crippen molar-refractivity contribution < 1.29 is 14.3 Å². The summed E-state index contributed by atoms with van der Waals surface area (Å²) in [5, 5.41) is 20.8. The maximum atomic E-state index is 13.4. The van der Waals surface area contributed by atoms with Crippen LogP contribution in [0.4, 0.5) is 10.1 Å². The molecule has 0 unspecified atom stereocenters. The second-order valence-electron chi connectivity index (χ2n) is 4.23. The van der Waals surface area contributed by atoms with Crippen molar-refractivity contribution in [3.05, 3.63) is 58.9 Å². The van der Waals surface area contributed by atoms with Crippen LogP contribution in [0.3, 0.4) is 0 Å². The van der Waals surface area contributed by atoms with Crippen molar-refractivity contribution in [3.63, 3.8) is 0 Å². The maximum Gasteiger partial charge on any atom is 0.255 e. The summed E-state index contributed by atoms with van der Waals surface area (Å²) in [6.07, 6.45) is 0. The van der Waals surface area contributed by atoms with Crippen molar-refractivity contribution in [2.24, 2.45) is 0 Å². The van der Waals surface area contributed by atoms with Gasteiger partial charge in [-0.25, -0.2) is 4.39 Å². The standard InChI is InChI=1S/C15H11FN2O2/c1-9-7-10(5-6-14(9)19)15(20)18-13-4-2-3-12(16)11(13)8-17/h2-7,19H,1H3,(H,18,20). The van der Waals surface area contributed by atoms with E-state index in [2.05, 4.69) is 5.32 Å². The minimum atomic E-state index is -0.688. The average molecular weight is 270 g/mol. The van der Waals surface area contributed by atoms with Gasteiger partial charge in [-0.05, 0) is 42.8 Å². The Balaban J connectivity index is 2.31. The number of phenolic OH excluding ortho intramolecular Hbond substituents is 1. The summed E-state index contributed by atoms with van der Waals surface area (Å²) in [6, 6.07) is 10.1. The number of hydrogen-bond acceptors (Lipinski definition) is 3. The quantitative estimate of drug-likeness (QED) is 0.881. The number of phenols is 1. The van der Waals surface area contributed by atoms with E-state index in [0.29, 0.717) is 11.1 Å². The molecule has 0 bridgehead atoms. The molecular formula is C15H11FN2O2. The fourth-order valence-electron chi connectivity index (χ4n) is 1.73. The smallest absolute Gasteiger partial charge is 0.255 e. The van der Waals surface area contributed by atoms with Gasteiger partial charge >= 0.3 is 0 Å². The minimum absolute atomic E-state index is 0.0880. The molecule has 0 saturated heterocycles. The second kappa shape index (κ2) is 5.41. The van der Waals surface area contributed by atoms with Gasteiger partial charge in [-0.15, -0.1) is 0 Å². The lowest BCUT2D eigenvalue weighted by molar-refractivity contribution is 0.102. The molecule has 0 aliphatic rings. The van der Waals surface area contributed by atoms with Crippen molar-refractivity contribution in [2.75, 3.05) is 5.32 Å². The van der Waals surface area contributed by atoms with Crippen LogP contribution in [0.1, 0.15) is 21.5 Å². The van der Waals surface area contributed by atoms with E-state index in [4.69, 9.17) is 5.26 Å². The van der Waals surface area contributed by atoms with Crippen molar-refractivity contribution in [3.8, 4) is 11.8 Å². The highest BCUT2D eigenvalue weighted by Gasteiger charge is 2.12. The van der Waals surface area contributed by atoms with Crippen molar-refractivity contribution in [1.29, 1.82) is 5.26 Å². The van der Waals surface area contributed by atoms with Crippen molar-refractivity contribution in [2.45, 2.75) is 6.92 Å². The van der Waals surface area contributed by atoms with E-state index in [1.165, 1.54) is 30.3 Å². The van der Waals surface area contributed by atoms with E-state index in [9.17, 15) is 14.3 Å². The van der Waals surface area contributed by atoms with Crippen LogP contribution in [0.5, 0.6) is 5.75 Å². The third-order valence-electron chi connectivity index (χ3n) is 2.83. The first-order chi connectivity index (χ1) is 9.52. The lowest BCUT2D eigenvalue weighted by Gasteiger charge is -2.08. The van der Waals surface area contributed by atoms with Gasteiger partial charge in [-0.1, -0.05) is 6.07 Å². The first-order valence-corrected chi connectivity index (χ1v) is 5.82. The Hall–Kier alpha value is -2.87. The van der Waals surface area contributed by atoms with Gasteiger partial charge in [0, 0.05) is 5.56 Å². The van der Waals surface area contributed by atoms with Gasteiger partial charge in [0.15, 0.2) is 0 Å². The van der Waals surface area contributed by atoms with E-state index < -0.39 is 11.7 Å². The second-order valence-corrected chi connectivity index (χ2v) is 4.23. The van der Waals surface area contributed by atoms with Gasteiger partial charge in [0.25, 0.3) is 5.91 Å². The Kier molecular flexibility index (Phi) is 3.67. The number of aromatic hydroxyl groups is 1. The highest BCUT2D eigenvalue weighted by Crippen LogP contribution is 2.21. The predicted molar refractivity (Wildman–Crippen MR) is 71.9 cm³/mol. The molecule has 0 heterocycles. The van der Waals surface area contributed by atoms with Crippen molar-refractivity contribution in [1.82, 2.24) is 0 Å². The minimum Gasteiger partial charge on any atom is -0.508 e. The molecule has 0 aliphatic carbocycles. The molecule has 1 amide bonds. The van der Waals surface area contributed by atoms with Crippen LogP contribution >= 0.6 is 0 Å². The molecular weight excluding hydrogens is 259 g/mol. The molecule has 2 rings (SSSR count). The van der Waals surface area contributed by atoms with Crippen LogP contribution in [-0.4, -0.2) is 11.0 Å². The normalized spacial score (nSPS) is 9.85. The molecule has 0 aromatic heterocycles. The molecule has 0 atom stereocenters. The van der Waals surface area contributed by atoms with Crippen LogP contribution in [-0.2, 0) is 0 Å². The molecule has 20 heavy (non-hydrogen) atoms. The topological polar surface area (TPSA) is 73.1 Å². The van der Waals surface area contributed by atoms with Gasteiger partial charge in [-0.2, -0.15) is 5.26 Å². The number of carbonyl (C=O) groups is 1. The SMILES string of the molecule is Cc1cc(C(=O)Nc2cccc(F)c2C#N)ccc1O. The zero-order valence-electron chi connectivity index (χ0n) is 10.6. The largest absolute Gasteiger partial charge is 0.508 e. The zero-order chi connectivity index (χ0) is 14.7. The van der Waals surface area contributed by atoms with Crippen molar-refractivity contribution >= 4 is 11.6 Å². The Labute approximate surface area is 115 Å². The molecule has 0 saturated carbocycles. The number of rotatable bonds is 2. The summed E-state index contributed by atoms with van der Waals surface area (Å²) in [7, 11) is 0. The summed E-state index contributed by atoms with van der Waals surface area (Å²) >= 11 is 0. The van der Waals surface area contributed by atoms with E-state index >= 15 is 0 Å². The fraction of sp³-hybridized carbons (Fsp3) is 0.0667. The lowest BCUT2D eigenvalue weighted by Crippen LogP contribution is -2.13. The number of aryl methyl sites for hydroxylation is 1. The average Bonchev–Trinajstić information content (AvgIpc) is 2.42. The zero-order valence-corrected chi connectivity index (χ0v) is 10.6. The van der Waals surface area contributed by atoms with Crippen LogP contribution in [0, 0.1) is 24.1 Å². The number of nitriles is 1. The summed E-state index contributed by atoms with van der Waals surface area (Å²) in [5.74, 6) is -1.08. The molecule has 4 nitrogen and oxygen atoms in total. The van der Waals surface area contributed by atoms with E-state index in [1.54, 1.807) is 13.0 Å². The third-order valence-corrected chi connectivity index (χ3v) is 2.83. The number of anilines is 1. The molecule has 5 heteroatoms. The number of benzene rings is 2. The first-order valence-electron chi connectivity index (χ1n) is 5.82. The molecule has 2 N–H and O–H groups in total. The van der Waals surface area contributed by atoms with Gasteiger partial charge in [-0.3, -0.25) is 4.79 Å². The van der Waals surface area contributed by atoms with Crippen LogP contribution in [0.15, 0.2) is 36.4 Å². The highest BCUT2D eigenvalue weighted by molar-refractivity contribution is 6.05. The number of amides is 1. The molecule has 0 fully saturated rings. The third kappa shape index (κ3) is 2.59. The molecule has 2 aromatic carbocycles. The van der Waals surface area contributed by atoms with Gasteiger partial charge < -0.3 is 10.4 Å². The summed E-state index contributed by atoms with van der Waals surface area (Å²) in [5.41, 5.74) is 0.769. The Morgan fingerprint density at radius 1 is 1.35 bits per heavy atom. The van der Waals surface area contributed by atoms with Gasteiger partial charge in [0.05, 0.1) is 5.69 Å². The van der Waals surface area contributed by atoms with Crippen LogP contribution in [0.2, 0.25) is 0 Å². The maximum absolute atomic E-state index is 13.4. The summed E-state index contributed by atoms with van der Waals surface area (Å²) < 4.78 is 13.4. The fourth-order valence-corrected chi connectivity index (χ4v) is 1.73. The van der Waals surface area contributed by atoms with Crippen LogP contribution in [0.25, 0.3) is 0 Å². The van der Waals surface area contributed by atoms with E-state index in [0.717, 1.165) is 6.07 Å². The van der Waals surface area contributed by atoms with E-state index in [-0.39, 0.29) is 17.0 Å². The Morgan fingerprint density at radius 2 is 2.10 bits per heavy atom. The molecule has 2 aromatic rings. The highest BCUT2D eigenvalue weighted by atomic mass is 19.1. The molecule has 100 valence electrons. The predicted octanol–water partition coefficient (Wildman–Crippen LogP) is 2.96. The summed E-state index contributed by atoms with van der Waals surface area (Å²) in [6.45, 7) is 1.66. The first kappa shape index (κ1) is 13.6. The van der Waals surface area contributed by atoms with Gasteiger partial charge in [0.1, 0.15) is 23.2 Å². The number of hydrogen-bond donors (Lipinski definition) is 2. The van der Waals surface area contributed by atoms with Crippen LogP contribution < -0.4 is 5.32 Å².